The maximum Gasteiger partial charge on any atom is 0.323 e. The van der Waals surface area contributed by atoms with Gasteiger partial charge in [-0.3, -0.25) is 9.69 Å². The summed E-state index contributed by atoms with van der Waals surface area (Å²) < 4.78 is 6.05. The lowest BCUT2D eigenvalue weighted by Gasteiger charge is -2.45. The number of benzene rings is 2. The summed E-state index contributed by atoms with van der Waals surface area (Å²) in [5, 5.41) is 10.4. The zero-order chi connectivity index (χ0) is 18.0. The molecular formula is C22H25NO3. The van der Waals surface area contributed by atoms with Crippen LogP contribution < -0.4 is 0 Å². The molecule has 3 aliphatic heterocycles. The highest BCUT2D eigenvalue weighted by molar-refractivity contribution is 5.88. The van der Waals surface area contributed by atoms with E-state index < -0.39 is 5.41 Å². The number of carbonyl (C=O) groups is 1. The van der Waals surface area contributed by atoms with Gasteiger partial charge in [0.05, 0.1) is 6.61 Å². The van der Waals surface area contributed by atoms with Gasteiger partial charge in [0.25, 0.3) is 0 Å². The first-order valence-corrected chi connectivity index (χ1v) is 9.39. The number of aliphatic hydroxyl groups excluding tert-OH is 1. The number of ether oxygens (including phenoxy) is 1. The summed E-state index contributed by atoms with van der Waals surface area (Å²) in [4.78, 5) is 15.8. The molecule has 0 saturated carbocycles. The SMILES string of the molecule is O=C(O[C@@H]1CN2CCC1CC2)C(CO)(c1ccccc1)c1ccccc1. The number of esters is 1. The zero-order valence-corrected chi connectivity index (χ0v) is 14.9. The van der Waals surface area contributed by atoms with E-state index in [1.165, 1.54) is 0 Å². The van der Waals surface area contributed by atoms with E-state index in [-0.39, 0.29) is 18.7 Å². The van der Waals surface area contributed by atoms with E-state index in [4.69, 9.17) is 4.74 Å². The number of nitrogens with zero attached hydrogens (tertiary/aromatic N) is 1. The third-order valence-corrected chi connectivity index (χ3v) is 5.97. The largest absolute Gasteiger partial charge is 0.460 e. The Morgan fingerprint density at radius 1 is 1.00 bits per heavy atom. The summed E-state index contributed by atoms with van der Waals surface area (Å²) in [6.45, 7) is 2.69. The molecule has 1 atom stereocenters. The molecule has 2 aromatic carbocycles. The highest BCUT2D eigenvalue weighted by Crippen LogP contribution is 2.36. The number of piperidine rings is 3. The van der Waals surface area contributed by atoms with Gasteiger partial charge in [-0.05, 0) is 43.0 Å². The zero-order valence-electron chi connectivity index (χ0n) is 14.9. The van der Waals surface area contributed by atoms with Crippen molar-refractivity contribution in [1.29, 1.82) is 0 Å². The Bertz CT molecular complexity index is 699. The Kier molecular flexibility index (Phi) is 4.79. The van der Waals surface area contributed by atoms with Gasteiger partial charge in [-0.15, -0.1) is 0 Å². The van der Waals surface area contributed by atoms with E-state index in [9.17, 15) is 9.90 Å². The van der Waals surface area contributed by atoms with Crippen LogP contribution in [0.2, 0.25) is 0 Å². The maximum atomic E-state index is 13.4. The van der Waals surface area contributed by atoms with Gasteiger partial charge in [-0.25, -0.2) is 0 Å². The van der Waals surface area contributed by atoms with Crippen LogP contribution in [0.1, 0.15) is 24.0 Å². The van der Waals surface area contributed by atoms with Crippen molar-refractivity contribution in [3.63, 3.8) is 0 Å². The number of carbonyl (C=O) groups excluding carboxylic acids is 1. The normalized spacial score (nSPS) is 25.0. The van der Waals surface area contributed by atoms with Crippen LogP contribution in [0, 0.1) is 5.92 Å². The molecule has 5 rings (SSSR count). The smallest absolute Gasteiger partial charge is 0.323 e. The molecule has 3 aliphatic rings. The average molecular weight is 351 g/mol. The highest BCUT2D eigenvalue weighted by Gasteiger charge is 2.46. The molecule has 3 fully saturated rings. The molecule has 3 saturated heterocycles. The quantitative estimate of drug-likeness (QED) is 0.842. The van der Waals surface area contributed by atoms with Crippen molar-refractivity contribution in [2.75, 3.05) is 26.2 Å². The number of hydrogen-bond donors (Lipinski definition) is 1. The summed E-state index contributed by atoms with van der Waals surface area (Å²) in [5.74, 6) is 0.0861. The number of fused-ring (bicyclic) bond motifs is 3. The van der Waals surface area contributed by atoms with Crippen LogP contribution in [0.25, 0.3) is 0 Å². The molecule has 2 aromatic rings. The van der Waals surface area contributed by atoms with E-state index in [0.29, 0.717) is 5.92 Å². The van der Waals surface area contributed by atoms with Crippen LogP contribution in [-0.4, -0.2) is 48.3 Å². The number of hydrogen-bond acceptors (Lipinski definition) is 4. The Labute approximate surface area is 154 Å². The van der Waals surface area contributed by atoms with Gasteiger partial charge in [-0.1, -0.05) is 60.7 Å². The van der Waals surface area contributed by atoms with Crippen LogP contribution in [0.4, 0.5) is 0 Å². The first-order chi connectivity index (χ1) is 12.7. The third kappa shape index (κ3) is 2.93. The highest BCUT2D eigenvalue weighted by atomic mass is 16.5. The van der Waals surface area contributed by atoms with Crippen LogP contribution >= 0.6 is 0 Å². The molecule has 0 aliphatic carbocycles. The summed E-state index contributed by atoms with van der Waals surface area (Å²) >= 11 is 0. The fraction of sp³-hybridized carbons (Fsp3) is 0.409. The van der Waals surface area contributed by atoms with Crippen molar-refractivity contribution in [2.24, 2.45) is 5.92 Å². The maximum absolute atomic E-state index is 13.4. The molecule has 0 spiro atoms. The van der Waals surface area contributed by atoms with Crippen molar-refractivity contribution < 1.29 is 14.6 Å². The van der Waals surface area contributed by atoms with Gasteiger partial charge in [0.15, 0.2) is 0 Å². The fourth-order valence-corrected chi connectivity index (χ4v) is 4.38. The average Bonchev–Trinajstić information content (AvgIpc) is 2.72. The summed E-state index contributed by atoms with van der Waals surface area (Å²) in [5.41, 5.74) is 0.342. The van der Waals surface area contributed by atoms with Crippen molar-refractivity contribution in [3.05, 3.63) is 71.8 Å². The van der Waals surface area contributed by atoms with Gasteiger partial charge in [0, 0.05) is 6.54 Å². The van der Waals surface area contributed by atoms with E-state index >= 15 is 0 Å². The van der Waals surface area contributed by atoms with Crippen LogP contribution in [-0.2, 0) is 14.9 Å². The molecule has 0 amide bonds. The van der Waals surface area contributed by atoms with Crippen LogP contribution in [0.5, 0.6) is 0 Å². The molecule has 26 heavy (non-hydrogen) atoms. The lowest BCUT2D eigenvalue weighted by Crippen LogP contribution is -2.54. The van der Waals surface area contributed by atoms with Gasteiger partial charge in [0.2, 0.25) is 0 Å². The van der Waals surface area contributed by atoms with E-state index in [0.717, 1.165) is 43.6 Å². The molecule has 0 aromatic heterocycles. The Morgan fingerprint density at radius 3 is 1.96 bits per heavy atom. The molecule has 0 unspecified atom stereocenters. The van der Waals surface area contributed by atoms with E-state index in [2.05, 4.69) is 4.90 Å². The molecule has 1 N–H and O–H groups in total. The molecule has 0 radical (unpaired) electrons. The summed E-state index contributed by atoms with van der Waals surface area (Å²) in [7, 11) is 0. The van der Waals surface area contributed by atoms with Crippen LogP contribution in [0.3, 0.4) is 0 Å². The van der Waals surface area contributed by atoms with Crippen molar-refractivity contribution in [1.82, 2.24) is 4.90 Å². The first-order valence-electron chi connectivity index (χ1n) is 9.39. The van der Waals surface area contributed by atoms with Crippen molar-refractivity contribution in [3.8, 4) is 0 Å². The second-order valence-corrected chi connectivity index (χ2v) is 7.38. The molecular weight excluding hydrogens is 326 g/mol. The molecule has 136 valence electrons. The third-order valence-electron chi connectivity index (χ3n) is 5.97. The van der Waals surface area contributed by atoms with Crippen LogP contribution in [0.15, 0.2) is 60.7 Å². The number of aliphatic hydroxyl groups is 1. The lowest BCUT2D eigenvalue weighted by molar-refractivity contribution is -0.165. The minimum Gasteiger partial charge on any atom is -0.460 e. The molecule has 2 bridgehead atoms. The Morgan fingerprint density at radius 2 is 1.54 bits per heavy atom. The monoisotopic (exact) mass is 351 g/mol. The van der Waals surface area contributed by atoms with Gasteiger partial charge in [-0.2, -0.15) is 0 Å². The first kappa shape index (κ1) is 17.3. The lowest BCUT2D eigenvalue weighted by atomic mass is 9.75. The predicted octanol–water partition coefficient (Wildman–Crippen LogP) is 2.60. The van der Waals surface area contributed by atoms with Crippen molar-refractivity contribution >= 4 is 5.97 Å². The minimum absolute atomic E-state index is 0.0802. The van der Waals surface area contributed by atoms with Gasteiger partial charge in [0.1, 0.15) is 11.5 Å². The second-order valence-electron chi connectivity index (χ2n) is 7.38. The molecule has 4 nitrogen and oxygen atoms in total. The van der Waals surface area contributed by atoms with Gasteiger partial charge < -0.3 is 9.84 Å². The topological polar surface area (TPSA) is 49.8 Å². The Hall–Kier alpha value is -2.17. The fourth-order valence-electron chi connectivity index (χ4n) is 4.38. The van der Waals surface area contributed by atoms with E-state index in [1.54, 1.807) is 0 Å². The summed E-state index contributed by atoms with van der Waals surface area (Å²) in [6.07, 6.45) is 2.09. The molecule has 4 heteroatoms. The Balaban J connectivity index is 1.70. The minimum atomic E-state index is -1.19. The van der Waals surface area contributed by atoms with Crippen molar-refractivity contribution in [2.45, 2.75) is 24.4 Å². The number of rotatable bonds is 5. The van der Waals surface area contributed by atoms with Gasteiger partial charge >= 0.3 is 5.97 Å². The van der Waals surface area contributed by atoms with E-state index in [1.807, 2.05) is 60.7 Å². The molecule has 3 heterocycles. The summed E-state index contributed by atoms with van der Waals surface area (Å²) in [6, 6.07) is 19.0. The second kappa shape index (κ2) is 7.22. The standard InChI is InChI=1S/C22H25NO3/c24-16-22(18-7-3-1-4-8-18,19-9-5-2-6-10-19)21(25)26-20-15-23-13-11-17(20)12-14-23/h1-10,17,20,24H,11-16H2/t20-/m1/s1. The predicted molar refractivity (Wildman–Crippen MR) is 99.8 cm³/mol.